The summed E-state index contributed by atoms with van der Waals surface area (Å²) in [6.07, 6.45) is 0.112. The van der Waals surface area contributed by atoms with Crippen LogP contribution < -0.4 is 5.32 Å². The molecular formula is C12H19NO2. The molecule has 0 saturated carbocycles. The lowest BCUT2D eigenvalue weighted by molar-refractivity contribution is -0.137. The van der Waals surface area contributed by atoms with E-state index < -0.39 is 5.97 Å². The Morgan fingerprint density at radius 1 is 1.33 bits per heavy atom. The predicted octanol–water partition coefficient (Wildman–Crippen LogP) is 2.45. The molecule has 1 rings (SSSR count). The molecule has 15 heavy (non-hydrogen) atoms. The van der Waals surface area contributed by atoms with E-state index in [2.05, 4.69) is 5.32 Å². The van der Waals surface area contributed by atoms with E-state index in [-0.39, 0.29) is 12.5 Å². The second kappa shape index (κ2) is 8.00. The third-order valence-electron chi connectivity index (χ3n) is 1.93. The summed E-state index contributed by atoms with van der Waals surface area (Å²) in [4.78, 5) is 10.5. The minimum atomic E-state index is -0.789. The highest BCUT2D eigenvalue weighted by molar-refractivity contribution is 5.67. The van der Waals surface area contributed by atoms with E-state index in [1.165, 1.54) is 0 Å². The van der Waals surface area contributed by atoms with Crippen LogP contribution in [0.5, 0.6) is 0 Å². The molecule has 2 N–H and O–H groups in total. The molecule has 3 nitrogen and oxygen atoms in total. The summed E-state index contributed by atoms with van der Waals surface area (Å²) in [5.74, 6) is -0.789. The first-order valence-corrected chi connectivity index (χ1v) is 5.18. The van der Waals surface area contributed by atoms with Crippen LogP contribution in [0.25, 0.3) is 0 Å². The van der Waals surface area contributed by atoms with Gasteiger partial charge in [0.1, 0.15) is 0 Å². The third kappa shape index (κ3) is 5.18. The Balaban J connectivity index is 0.000000921. The monoisotopic (exact) mass is 209 g/mol. The highest BCUT2D eigenvalue weighted by atomic mass is 16.4. The summed E-state index contributed by atoms with van der Waals surface area (Å²) >= 11 is 0. The third-order valence-corrected chi connectivity index (χ3v) is 1.93. The van der Waals surface area contributed by atoms with Crippen LogP contribution in [-0.2, 0) is 4.79 Å². The number of nitrogens with one attached hydrogen (secondary N) is 1. The molecule has 0 aliphatic heterocycles. The van der Waals surface area contributed by atoms with Crippen molar-refractivity contribution in [1.82, 2.24) is 5.32 Å². The van der Waals surface area contributed by atoms with Crippen LogP contribution in [0.15, 0.2) is 30.3 Å². The lowest BCUT2D eigenvalue weighted by atomic mass is 10.0. The average molecular weight is 209 g/mol. The van der Waals surface area contributed by atoms with Crippen LogP contribution in [-0.4, -0.2) is 18.1 Å². The number of hydrogen-bond acceptors (Lipinski definition) is 2. The number of hydrogen-bond donors (Lipinski definition) is 2. The second-order valence-electron chi connectivity index (χ2n) is 2.85. The van der Waals surface area contributed by atoms with Crippen molar-refractivity contribution in [2.45, 2.75) is 26.3 Å². The second-order valence-corrected chi connectivity index (χ2v) is 2.85. The van der Waals surface area contributed by atoms with Gasteiger partial charge in [-0.25, -0.2) is 0 Å². The Morgan fingerprint density at radius 3 is 2.27 bits per heavy atom. The fraction of sp³-hybridized carbons (Fsp3) is 0.417. The van der Waals surface area contributed by atoms with Gasteiger partial charge in [-0.2, -0.15) is 0 Å². The summed E-state index contributed by atoms with van der Waals surface area (Å²) in [5.41, 5.74) is 1.01. The van der Waals surface area contributed by atoms with Gasteiger partial charge in [0.15, 0.2) is 0 Å². The molecule has 3 heteroatoms. The largest absolute Gasteiger partial charge is 0.481 e. The van der Waals surface area contributed by atoms with Crippen molar-refractivity contribution in [2.75, 3.05) is 7.05 Å². The van der Waals surface area contributed by atoms with Crippen LogP contribution in [0.2, 0.25) is 0 Å². The standard InChI is InChI=1S/C10H13NO2.C2H6/c1-11-9(7-10(12)13)8-5-3-2-4-6-8;1-2/h2-6,9,11H,7H2,1H3,(H,12,13);1-2H3. The van der Waals surface area contributed by atoms with Gasteiger partial charge in [0.25, 0.3) is 0 Å². The van der Waals surface area contributed by atoms with E-state index in [9.17, 15) is 4.79 Å². The number of aliphatic carboxylic acids is 1. The van der Waals surface area contributed by atoms with Crippen LogP contribution in [0.1, 0.15) is 31.9 Å². The average Bonchev–Trinajstić information content (AvgIpc) is 2.29. The zero-order valence-corrected chi connectivity index (χ0v) is 9.53. The molecule has 0 bridgehead atoms. The molecule has 0 fully saturated rings. The smallest absolute Gasteiger partial charge is 0.305 e. The van der Waals surface area contributed by atoms with Gasteiger partial charge in [-0.3, -0.25) is 4.79 Å². The van der Waals surface area contributed by atoms with Gasteiger partial charge in [-0.15, -0.1) is 0 Å². The molecule has 1 unspecified atom stereocenters. The van der Waals surface area contributed by atoms with Crippen molar-refractivity contribution in [3.8, 4) is 0 Å². The maximum atomic E-state index is 10.5. The lowest BCUT2D eigenvalue weighted by Gasteiger charge is -2.13. The predicted molar refractivity (Wildman–Crippen MR) is 61.8 cm³/mol. The van der Waals surface area contributed by atoms with Gasteiger partial charge in [-0.1, -0.05) is 44.2 Å². The Labute approximate surface area is 91.1 Å². The van der Waals surface area contributed by atoms with Crippen LogP contribution in [0, 0.1) is 0 Å². The molecule has 0 aliphatic rings. The molecule has 0 radical (unpaired) electrons. The van der Waals surface area contributed by atoms with E-state index in [0.717, 1.165) is 5.56 Å². The van der Waals surface area contributed by atoms with Gasteiger partial charge in [-0.05, 0) is 12.6 Å². The number of carboxylic acids is 1. The molecule has 0 aliphatic carbocycles. The van der Waals surface area contributed by atoms with Crippen LogP contribution in [0.4, 0.5) is 0 Å². The first-order valence-electron chi connectivity index (χ1n) is 5.18. The van der Waals surface area contributed by atoms with E-state index in [0.29, 0.717) is 0 Å². The zero-order chi connectivity index (χ0) is 11.7. The minimum Gasteiger partial charge on any atom is -0.481 e. The van der Waals surface area contributed by atoms with E-state index >= 15 is 0 Å². The van der Waals surface area contributed by atoms with Crippen molar-refractivity contribution in [3.05, 3.63) is 35.9 Å². The maximum absolute atomic E-state index is 10.5. The number of carboxylic acid groups (broad SMARTS) is 1. The van der Waals surface area contributed by atoms with E-state index in [4.69, 9.17) is 5.11 Å². The van der Waals surface area contributed by atoms with E-state index in [1.54, 1.807) is 7.05 Å². The maximum Gasteiger partial charge on any atom is 0.305 e. The van der Waals surface area contributed by atoms with Crippen molar-refractivity contribution in [1.29, 1.82) is 0 Å². The zero-order valence-electron chi connectivity index (χ0n) is 9.53. The molecule has 1 atom stereocenters. The molecule has 0 heterocycles. The van der Waals surface area contributed by atoms with Crippen LogP contribution in [0.3, 0.4) is 0 Å². The highest BCUT2D eigenvalue weighted by Gasteiger charge is 2.11. The molecule has 0 aromatic heterocycles. The quantitative estimate of drug-likeness (QED) is 0.800. The first kappa shape index (κ1) is 13.7. The fourth-order valence-corrected chi connectivity index (χ4v) is 1.25. The molecule has 0 spiro atoms. The Kier molecular flexibility index (Phi) is 7.28. The van der Waals surface area contributed by atoms with Crippen molar-refractivity contribution in [2.24, 2.45) is 0 Å². The first-order chi connectivity index (χ1) is 7.24. The minimum absolute atomic E-state index is 0.0984. The van der Waals surface area contributed by atoms with Gasteiger partial charge in [0.2, 0.25) is 0 Å². The number of carbonyl (C=O) groups is 1. The van der Waals surface area contributed by atoms with Crippen LogP contribution >= 0.6 is 0 Å². The highest BCUT2D eigenvalue weighted by Crippen LogP contribution is 2.15. The molecule has 1 aromatic rings. The van der Waals surface area contributed by atoms with Gasteiger partial charge in [0.05, 0.1) is 6.42 Å². The molecule has 84 valence electrons. The Morgan fingerprint density at radius 2 is 1.87 bits per heavy atom. The number of benzene rings is 1. The summed E-state index contributed by atoms with van der Waals surface area (Å²) < 4.78 is 0. The topological polar surface area (TPSA) is 49.3 Å². The van der Waals surface area contributed by atoms with Gasteiger partial charge in [0, 0.05) is 6.04 Å². The lowest BCUT2D eigenvalue weighted by Crippen LogP contribution is -2.19. The van der Waals surface area contributed by atoms with Gasteiger partial charge >= 0.3 is 5.97 Å². The molecule has 0 amide bonds. The van der Waals surface area contributed by atoms with Crippen molar-refractivity contribution < 1.29 is 9.90 Å². The Bertz CT molecular complexity index is 272. The molecule has 0 saturated heterocycles. The van der Waals surface area contributed by atoms with E-state index in [1.807, 2.05) is 44.2 Å². The summed E-state index contributed by atoms with van der Waals surface area (Å²) in [6.45, 7) is 4.00. The van der Waals surface area contributed by atoms with Crippen molar-refractivity contribution in [3.63, 3.8) is 0 Å². The van der Waals surface area contributed by atoms with Gasteiger partial charge < -0.3 is 10.4 Å². The molecular weight excluding hydrogens is 190 g/mol. The van der Waals surface area contributed by atoms with Crippen molar-refractivity contribution >= 4 is 5.97 Å². The number of rotatable bonds is 4. The fourth-order valence-electron chi connectivity index (χ4n) is 1.25. The molecule has 1 aromatic carbocycles. The Hall–Kier alpha value is -1.35. The summed E-state index contributed by atoms with van der Waals surface area (Å²) in [7, 11) is 1.76. The summed E-state index contributed by atoms with van der Waals surface area (Å²) in [6, 6.07) is 9.47. The summed E-state index contributed by atoms with van der Waals surface area (Å²) in [5, 5.41) is 11.6. The SMILES string of the molecule is CC.CNC(CC(=O)O)c1ccccc1. The normalized spacial score (nSPS) is 11.1.